The first-order valence-corrected chi connectivity index (χ1v) is 10.5. The summed E-state index contributed by atoms with van der Waals surface area (Å²) in [5.41, 5.74) is 0.550. The molecule has 9 nitrogen and oxygen atoms in total. The van der Waals surface area contributed by atoms with E-state index in [1.165, 1.54) is 41.6 Å². The Morgan fingerprint density at radius 2 is 1.29 bits per heavy atom. The molecule has 0 bridgehead atoms. The summed E-state index contributed by atoms with van der Waals surface area (Å²) in [6.45, 7) is 0. The molecular weight excluding hydrogens is 456 g/mol. The van der Waals surface area contributed by atoms with Crippen LogP contribution in [0.15, 0.2) is 30.3 Å². The monoisotopic (exact) mass is 478 g/mol. The van der Waals surface area contributed by atoms with Crippen molar-refractivity contribution in [2.24, 2.45) is 0 Å². The number of methoxy groups -OCH3 is 5. The maximum absolute atomic E-state index is 13.6. The molecule has 0 saturated carbocycles. The number of ketones is 2. The minimum absolute atomic E-state index is 0.00427. The lowest BCUT2D eigenvalue weighted by Gasteiger charge is -2.26. The van der Waals surface area contributed by atoms with E-state index in [1.807, 2.05) is 0 Å². The maximum atomic E-state index is 13.6. The summed E-state index contributed by atoms with van der Waals surface area (Å²) in [5, 5.41) is 0.342. The Morgan fingerprint density at radius 3 is 1.74 bits per heavy atom. The molecule has 0 radical (unpaired) electrons. The smallest absolute Gasteiger partial charge is 0.338 e. The molecule has 0 heterocycles. The van der Waals surface area contributed by atoms with Crippen molar-refractivity contribution in [1.82, 2.24) is 0 Å². The number of rotatable bonds is 6. The van der Waals surface area contributed by atoms with Crippen molar-refractivity contribution >= 4 is 34.3 Å². The van der Waals surface area contributed by atoms with Gasteiger partial charge >= 0.3 is 11.9 Å². The molecule has 0 atom stereocenters. The lowest BCUT2D eigenvalue weighted by atomic mass is 9.80. The van der Waals surface area contributed by atoms with Crippen molar-refractivity contribution in [2.45, 2.75) is 6.42 Å². The molecule has 0 saturated heterocycles. The van der Waals surface area contributed by atoms with Gasteiger partial charge in [-0.1, -0.05) is 24.3 Å². The molecule has 0 spiro atoms. The normalized spacial score (nSPS) is 12.0. The maximum Gasteiger partial charge on any atom is 0.338 e. The molecule has 1 aliphatic rings. The molecule has 35 heavy (non-hydrogen) atoms. The second kappa shape index (κ2) is 9.09. The second-order valence-corrected chi connectivity index (χ2v) is 7.63. The standard InChI is InChI=1S/C26H22O9/c1-31-15-10-12(11-16(27)32-2)17(26(30)35-5)19-18(15)24(33-3)20-21(25(19)34-4)23(29)14-9-7-6-8-13(14)22(20)28/h6-10H,11H2,1-5H3. The Hall–Kier alpha value is -4.40. The predicted octanol–water partition coefficient (Wildman–Crippen LogP) is 3.14. The van der Waals surface area contributed by atoms with Crippen molar-refractivity contribution in [3.05, 3.63) is 63.7 Å². The average molecular weight is 478 g/mol. The molecule has 3 aromatic rings. The number of carbonyl (C=O) groups excluding carboxylic acids is 4. The Kier molecular flexibility index (Phi) is 6.17. The van der Waals surface area contributed by atoms with Crippen molar-refractivity contribution in [2.75, 3.05) is 35.5 Å². The van der Waals surface area contributed by atoms with Crippen LogP contribution in [0.2, 0.25) is 0 Å². The molecule has 0 amide bonds. The Morgan fingerprint density at radius 1 is 0.743 bits per heavy atom. The van der Waals surface area contributed by atoms with Gasteiger partial charge in [-0.15, -0.1) is 0 Å². The summed E-state index contributed by atoms with van der Waals surface area (Å²) in [6, 6.07) is 7.89. The van der Waals surface area contributed by atoms with Gasteiger partial charge in [-0.25, -0.2) is 4.79 Å². The Bertz CT molecular complexity index is 1420. The quantitative estimate of drug-likeness (QED) is 0.386. The van der Waals surface area contributed by atoms with Crippen LogP contribution in [0, 0.1) is 0 Å². The molecule has 1 aliphatic carbocycles. The fourth-order valence-electron chi connectivity index (χ4n) is 4.49. The topological polar surface area (TPSA) is 114 Å². The fourth-order valence-corrected chi connectivity index (χ4v) is 4.49. The zero-order valence-corrected chi connectivity index (χ0v) is 19.8. The van der Waals surface area contributed by atoms with Gasteiger partial charge in [0.1, 0.15) is 17.2 Å². The molecular formula is C26H22O9. The third-order valence-electron chi connectivity index (χ3n) is 5.98. The highest BCUT2D eigenvalue weighted by Crippen LogP contribution is 2.50. The molecule has 0 unspecified atom stereocenters. The summed E-state index contributed by atoms with van der Waals surface area (Å²) >= 11 is 0. The molecule has 0 fully saturated rings. The first-order chi connectivity index (χ1) is 16.8. The van der Waals surface area contributed by atoms with Gasteiger partial charge in [-0.05, 0) is 11.6 Å². The molecule has 9 heteroatoms. The molecule has 180 valence electrons. The van der Waals surface area contributed by atoms with E-state index < -0.39 is 23.5 Å². The lowest BCUT2D eigenvalue weighted by molar-refractivity contribution is -0.139. The molecule has 4 rings (SSSR count). The van der Waals surface area contributed by atoms with Crippen LogP contribution in [0.1, 0.15) is 47.8 Å². The van der Waals surface area contributed by atoms with Crippen molar-refractivity contribution in [1.29, 1.82) is 0 Å². The van der Waals surface area contributed by atoms with Crippen molar-refractivity contribution < 1.29 is 42.9 Å². The van der Waals surface area contributed by atoms with E-state index in [2.05, 4.69) is 0 Å². The summed E-state index contributed by atoms with van der Waals surface area (Å²) in [7, 11) is 6.47. The molecule has 0 aliphatic heterocycles. The van der Waals surface area contributed by atoms with Crippen LogP contribution < -0.4 is 14.2 Å². The lowest BCUT2D eigenvalue weighted by Crippen LogP contribution is -2.23. The van der Waals surface area contributed by atoms with Gasteiger partial charge in [0.25, 0.3) is 0 Å². The van der Waals surface area contributed by atoms with Crippen LogP contribution >= 0.6 is 0 Å². The minimum atomic E-state index is -0.785. The van der Waals surface area contributed by atoms with Gasteiger partial charge in [0, 0.05) is 16.5 Å². The first kappa shape index (κ1) is 23.7. The minimum Gasteiger partial charge on any atom is -0.496 e. The molecule has 0 N–H and O–H groups in total. The van der Waals surface area contributed by atoms with Crippen molar-refractivity contribution in [3.63, 3.8) is 0 Å². The number of hydrogen-bond donors (Lipinski definition) is 0. The van der Waals surface area contributed by atoms with Crippen LogP contribution in [0.4, 0.5) is 0 Å². The molecule has 0 aromatic heterocycles. The highest BCUT2D eigenvalue weighted by Gasteiger charge is 2.39. The highest BCUT2D eigenvalue weighted by molar-refractivity contribution is 6.33. The molecule has 3 aromatic carbocycles. The van der Waals surface area contributed by atoms with Gasteiger partial charge in [0.05, 0.1) is 64.0 Å². The van der Waals surface area contributed by atoms with E-state index in [0.29, 0.717) is 0 Å². The van der Waals surface area contributed by atoms with E-state index in [9.17, 15) is 19.2 Å². The first-order valence-electron chi connectivity index (χ1n) is 10.5. The van der Waals surface area contributed by atoms with Crippen LogP contribution in [0.5, 0.6) is 17.2 Å². The van der Waals surface area contributed by atoms with E-state index in [-0.39, 0.29) is 67.8 Å². The van der Waals surface area contributed by atoms with Gasteiger partial charge in [-0.3, -0.25) is 14.4 Å². The number of ether oxygens (including phenoxy) is 5. The van der Waals surface area contributed by atoms with Crippen LogP contribution in [-0.4, -0.2) is 59.1 Å². The highest BCUT2D eigenvalue weighted by atomic mass is 16.5. The number of esters is 2. The predicted molar refractivity (Wildman–Crippen MR) is 124 cm³/mol. The number of hydrogen-bond acceptors (Lipinski definition) is 9. The summed E-state index contributed by atoms with van der Waals surface area (Å²) in [4.78, 5) is 52.4. The Labute approximate surface area is 200 Å². The average Bonchev–Trinajstić information content (AvgIpc) is 2.89. The van der Waals surface area contributed by atoms with E-state index in [1.54, 1.807) is 24.3 Å². The van der Waals surface area contributed by atoms with Gasteiger partial charge < -0.3 is 23.7 Å². The third-order valence-corrected chi connectivity index (χ3v) is 5.98. The van der Waals surface area contributed by atoms with Crippen LogP contribution in [0.25, 0.3) is 10.8 Å². The van der Waals surface area contributed by atoms with E-state index in [4.69, 9.17) is 23.7 Å². The summed E-state index contributed by atoms with van der Waals surface area (Å²) in [5.74, 6) is -2.10. The van der Waals surface area contributed by atoms with Crippen LogP contribution in [0.3, 0.4) is 0 Å². The number of fused-ring (bicyclic) bond motifs is 3. The second-order valence-electron chi connectivity index (χ2n) is 7.63. The van der Waals surface area contributed by atoms with Gasteiger partial charge in [0.15, 0.2) is 11.6 Å². The number of carbonyl (C=O) groups is 4. The third kappa shape index (κ3) is 3.47. The van der Waals surface area contributed by atoms with E-state index >= 15 is 0 Å². The SMILES string of the molecule is COC(=O)Cc1cc(OC)c2c(OC)c3c(c(OC)c2c1C(=O)OC)C(=O)c1ccccc1C3=O. The zero-order chi connectivity index (χ0) is 25.4. The Balaban J connectivity index is 2.27. The largest absolute Gasteiger partial charge is 0.496 e. The van der Waals surface area contributed by atoms with Crippen LogP contribution in [-0.2, 0) is 20.7 Å². The fraction of sp³-hybridized carbons (Fsp3) is 0.231. The number of benzene rings is 3. The van der Waals surface area contributed by atoms with Gasteiger partial charge in [-0.2, -0.15) is 0 Å². The van der Waals surface area contributed by atoms with E-state index in [0.717, 1.165) is 0 Å². The van der Waals surface area contributed by atoms with Gasteiger partial charge in [0.2, 0.25) is 0 Å². The summed E-state index contributed by atoms with van der Waals surface area (Å²) < 4.78 is 26.7. The van der Waals surface area contributed by atoms with Crippen molar-refractivity contribution in [3.8, 4) is 17.2 Å². The zero-order valence-electron chi connectivity index (χ0n) is 19.8. The summed E-state index contributed by atoms with van der Waals surface area (Å²) in [6.07, 6.45) is -0.286.